The van der Waals surface area contributed by atoms with Crippen LogP contribution in [0, 0.1) is 17.6 Å². The molecular formula is C12H16F2N2O. The van der Waals surface area contributed by atoms with Gasteiger partial charge in [-0.2, -0.15) is 0 Å². The lowest BCUT2D eigenvalue weighted by atomic mass is 10.1. The van der Waals surface area contributed by atoms with Gasteiger partial charge in [0.2, 0.25) is 0 Å². The highest BCUT2D eigenvalue weighted by atomic mass is 19.1. The molecule has 0 bridgehead atoms. The van der Waals surface area contributed by atoms with E-state index in [4.69, 9.17) is 5.73 Å². The molecule has 94 valence electrons. The van der Waals surface area contributed by atoms with E-state index in [1.165, 1.54) is 0 Å². The normalized spacial score (nSPS) is 12.2. The first kappa shape index (κ1) is 13.4. The summed E-state index contributed by atoms with van der Waals surface area (Å²) < 4.78 is 26.6. The van der Waals surface area contributed by atoms with Gasteiger partial charge in [0.05, 0.1) is 11.3 Å². The molecule has 0 aliphatic rings. The Morgan fingerprint density at radius 3 is 2.59 bits per heavy atom. The third-order valence-electron chi connectivity index (χ3n) is 2.66. The van der Waals surface area contributed by atoms with Crippen molar-refractivity contribution >= 4 is 11.6 Å². The SMILES string of the molecule is CCC(C)CNc1cc(C(N)=O)c(F)cc1F. The van der Waals surface area contributed by atoms with E-state index in [1.807, 2.05) is 13.8 Å². The quantitative estimate of drug-likeness (QED) is 0.833. The van der Waals surface area contributed by atoms with Gasteiger partial charge in [-0.1, -0.05) is 20.3 Å². The maximum atomic E-state index is 13.4. The molecule has 0 aromatic heterocycles. The molecule has 1 aromatic carbocycles. The molecule has 5 heteroatoms. The number of carbonyl (C=O) groups is 1. The number of nitrogens with one attached hydrogen (secondary N) is 1. The Balaban J connectivity index is 2.92. The Bertz CT molecular complexity index is 421. The summed E-state index contributed by atoms with van der Waals surface area (Å²) in [5.41, 5.74) is 4.78. The van der Waals surface area contributed by atoms with Crippen molar-refractivity contribution in [1.29, 1.82) is 0 Å². The average Bonchev–Trinajstić information content (AvgIpc) is 2.26. The zero-order valence-corrected chi connectivity index (χ0v) is 9.89. The van der Waals surface area contributed by atoms with Crippen LogP contribution in [0.25, 0.3) is 0 Å². The molecule has 1 aromatic rings. The number of hydrogen-bond donors (Lipinski definition) is 2. The number of benzene rings is 1. The Labute approximate surface area is 99.0 Å². The lowest BCUT2D eigenvalue weighted by Crippen LogP contribution is -2.16. The van der Waals surface area contributed by atoms with Gasteiger partial charge in [0.15, 0.2) is 0 Å². The van der Waals surface area contributed by atoms with E-state index in [-0.39, 0.29) is 11.3 Å². The van der Waals surface area contributed by atoms with Crippen LogP contribution < -0.4 is 11.1 Å². The summed E-state index contributed by atoms with van der Waals surface area (Å²) >= 11 is 0. The molecule has 0 radical (unpaired) electrons. The standard InChI is InChI=1S/C12H16F2N2O/c1-3-7(2)6-16-11-4-8(12(15)17)9(13)5-10(11)14/h4-5,7,16H,3,6H2,1-2H3,(H2,15,17). The van der Waals surface area contributed by atoms with E-state index < -0.39 is 17.5 Å². The van der Waals surface area contributed by atoms with Crippen LogP contribution in [0.1, 0.15) is 30.6 Å². The first-order valence-corrected chi connectivity index (χ1v) is 5.48. The van der Waals surface area contributed by atoms with Crippen molar-refractivity contribution in [3.05, 3.63) is 29.3 Å². The minimum atomic E-state index is -0.941. The Hall–Kier alpha value is -1.65. The minimum Gasteiger partial charge on any atom is -0.382 e. The fourth-order valence-electron chi connectivity index (χ4n) is 1.30. The molecule has 0 fully saturated rings. The number of carbonyl (C=O) groups excluding carboxylic acids is 1. The van der Waals surface area contributed by atoms with Crippen LogP contribution in [-0.4, -0.2) is 12.5 Å². The zero-order valence-electron chi connectivity index (χ0n) is 9.89. The summed E-state index contributed by atoms with van der Waals surface area (Å²) in [6.45, 7) is 4.57. The van der Waals surface area contributed by atoms with Gasteiger partial charge in [0, 0.05) is 12.6 Å². The monoisotopic (exact) mass is 242 g/mol. The number of rotatable bonds is 5. The highest BCUT2D eigenvalue weighted by Gasteiger charge is 2.13. The molecule has 0 heterocycles. The molecule has 3 nitrogen and oxygen atoms in total. The van der Waals surface area contributed by atoms with Gasteiger partial charge < -0.3 is 11.1 Å². The van der Waals surface area contributed by atoms with E-state index in [9.17, 15) is 13.6 Å². The summed E-state index contributed by atoms with van der Waals surface area (Å²) in [5.74, 6) is -2.22. The van der Waals surface area contributed by atoms with Crippen molar-refractivity contribution in [2.75, 3.05) is 11.9 Å². The van der Waals surface area contributed by atoms with Crippen molar-refractivity contribution in [2.45, 2.75) is 20.3 Å². The Kier molecular flexibility index (Phi) is 4.43. The van der Waals surface area contributed by atoms with Crippen molar-refractivity contribution in [3.8, 4) is 0 Å². The van der Waals surface area contributed by atoms with Gasteiger partial charge in [0.25, 0.3) is 5.91 Å². The predicted octanol–water partition coefficient (Wildman–Crippen LogP) is 2.52. The van der Waals surface area contributed by atoms with Gasteiger partial charge in [0.1, 0.15) is 11.6 Å². The number of hydrogen-bond acceptors (Lipinski definition) is 2. The molecule has 0 spiro atoms. The van der Waals surface area contributed by atoms with Crippen LogP contribution in [0.4, 0.5) is 14.5 Å². The van der Waals surface area contributed by atoms with E-state index in [0.29, 0.717) is 18.5 Å². The fourth-order valence-corrected chi connectivity index (χ4v) is 1.30. The third kappa shape index (κ3) is 3.41. The molecule has 1 amide bonds. The van der Waals surface area contributed by atoms with E-state index >= 15 is 0 Å². The third-order valence-corrected chi connectivity index (χ3v) is 2.66. The minimum absolute atomic E-state index is 0.0977. The highest BCUT2D eigenvalue weighted by molar-refractivity contribution is 5.94. The molecule has 0 saturated heterocycles. The summed E-state index contributed by atoms with van der Waals surface area (Å²) in [7, 11) is 0. The fraction of sp³-hybridized carbons (Fsp3) is 0.417. The molecule has 1 rings (SSSR count). The van der Waals surface area contributed by atoms with Crippen molar-refractivity contribution in [2.24, 2.45) is 11.7 Å². The highest BCUT2D eigenvalue weighted by Crippen LogP contribution is 2.19. The van der Waals surface area contributed by atoms with Gasteiger partial charge in [-0.3, -0.25) is 4.79 Å². The van der Waals surface area contributed by atoms with Crippen LogP contribution >= 0.6 is 0 Å². The Morgan fingerprint density at radius 2 is 2.06 bits per heavy atom. The maximum absolute atomic E-state index is 13.4. The summed E-state index contributed by atoms with van der Waals surface area (Å²) in [5, 5.41) is 2.84. The van der Waals surface area contributed by atoms with E-state index in [1.54, 1.807) is 0 Å². The lowest BCUT2D eigenvalue weighted by Gasteiger charge is -2.13. The van der Waals surface area contributed by atoms with Crippen molar-refractivity contribution in [3.63, 3.8) is 0 Å². The van der Waals surface area contributed by atoms with Gasteiger partial charge >= 0.3 is 0 Å². The summed E-state index contributed by atoms with van der Waals surface area (Å²) in [6.07, 6.45) is 0.943. The maximum Gasteiger partial charge on any atom is 0.251 e. The Morgan fingerprint density at radius 1 is 1.41 bits per heavy atom. The van der Waals surface area contributed by atoms with E-state index in [2.05, 4.69) is 5.32 Å². The first-order chi connectivity index (χ1) is 7.95. The van der Waals surface area contributed by atoms with Gasteiger partial charge in [-0.05, 0) is 12.0 Å². The molecule has 3 N–H and O–H groups in total. The average molecular weight is 242 g/mol. The van der Waals surface area contributed by atoms with Crippen molar-refractivity contribution in [1.82, 2.24) is 0 Å². The first-order valence-electron chi connectivity index (χ1n) is 5.48. The second-order valence-corrected chi connectivity index (χ2v) is 4.07. The summed E-state index contributed by atoms with van der Waals surface area (Å²) in [6, 6.07) is 1.77. The molecule has 0 saturated carbocycles. The second kappa shape index (κ2) is 5.61. The second-order valence-electron chi connectivity index (χ2n) is 4.07. The molecule has 0 aliphatic carbocycles. The van der Waals surface area contributed by atoms with Crippen LogP contribution in [0.5, 0.6) is 0 Å². The van der Waals surface area contributed by atoms with Crippen LogP contribution in [0.15, 0.2) is 12.1 Å². The topological polar surface area (TPSA) is 55.1 Å². The zero-order chi connectivity index (χ0) is 13.0. The molecule has 17 heavy (non-hydrogen) atoms. The number of halogens is 2. The smallest absolute Gasteiger partial charge is 0.251 e. The van der Waals surface area contributed by atoms with Gasteiger partial charge in [-0.25, -0.2) is 8.78 Å². The molecular weight excluding hydrogens is 226 g/mol. The predicted molar refractivity (Wildman–Crippen MR) is 62.8 cm³/mol. The van der Waals surface area contributed by atoms with E-state index in [0.717, 1.165) is 12.5 Å². The molecule has 1 unspecified atom stereocenters. The lowest BCUT2D eigenvalue weighted by molar-refractivity contribution is 0.0996. The largest absolute Gasteiger partial charge is 0.382 e. The van der Waals surface area contributed by atoms with Crippen LogP contribution in [0.3, 0.4) is 0 Å². The number of anilines is 1. The number of primary amides is 1. The number of nitrogens with two attached hydrogens (primary N) is 1. The molecule has 0 aliphatic heterocycles. The van der Waals surface area contributed by atoms with Gasteiger partial charge in [-0.15, -0.1) is 0 Å². The van der Waals surface area contributed by atoms with Crippen LogP contribution in [0.2, 0.25) is 0 Å². The van der Waals surface area contributed by atoms with Crippen LogP contribution in [-0.2, 0) is 0 Å². The van der Waals surface area contributed by atoms with Crippen molar-refractivity contribution < 1.29 is 13.6 Å². The summed E-state index contributed by atoms with van der Waals surface area (Å²) in [4.78, 5) is 10.9. The molecule has 1 atom stereocenters. The number of amides is 1.